The third-order valence-corrected chi connectivity index (χ3v) is 1.94. The van der Waals surface area contributed by atoms with Crippen molar-refractivity contribution >= 4 is 12.0 Å². The maximum atomic E-state index is 10.2. The molecule has 0 atom stereocenters. The van der Waals surface area contributed by atoms with Gasteiger partial charge in [0.25, 0.3) is 0 Å². The Bertz CT molecular complexity index is 327. The predicted molar refractivity (Wildman–Crippen MR) is 58.4 cm³/mol. The fourth-order valence-corrected chi connectivity index (χ4v) is 1.10. The standard InChI is InChI=1S/C12H14O3/c1-2-10-3-5-11(6-4-10)9-15-8-7-12(13)14/h2-6H,1,7-9H2,(H,13,14). The second-order valence-corrected chi connectivity index (χ2v) is 3.14. The largest absolute Gasteiger partial charge is 0.481 e. The monoisotopic (exact) mass is 206 g/mol. The summed E-state index contributed by atoms with van der Waals surface area (Å²) in [6, 6.07) is 7.78. The summed E-state index contributed by atoms with van der Waals surface area (Å²) >= 11 is 0. The Morgan fingerprint density at radius 1 is 1.40 bits per heavy atom. The van der Waals surface area contributed by atoms with Crippen LogP contribution >= 0.6 is 0 Å². The summed E-state index contributed by atoms with van der Waals surface area (Å²) in [5.41, 5.74) is 2.09. The molecule has 0 radical (unpaired) electrons. The lowest BCUT2D eigenvalue weighted by Crippen LogP contribution is -2.02. The molecule has 3 heteroatoms. The van der Waals surface area contributed by atoms with E-state index in [1.165, 1.54) is 0 Å². The van der Waals surface area contributed by atoms with Crippen molar-refractivity contribution in [3.8, 4) is 0 Å². The van der Waals surface area contributed by atoms with Gasteiger partial charge in [0.2, 0.25) is 0 Å². The van der Waals surface area contributed by atoms with Crippen LogP contribution in [0.15, 0.2) is 30.8 Å². The first-order valence-electron chi connectivity index (χ1n) is 4.73. The SMILES string of the molecule is C=Cc1ccc(COCCC(=O)O)cc1. The predicted octanol–water partition coefficient (Wildman–Crippen LogP) is 2.32. The molecule has 0 aliphatic carbocycles. The molecule has 1 aromatic carbocycles. The molecule has 0 saturated carbocycles. The number of carboxylic acids is 1. The average molecular weight is 206 g/mol. The van der Waals surface area contributed by atoms with Crippen molar-refractivity contribution in [2.24, 2.45) is 0 Å². The Morgan fingerprint density at radius 2 is 2.07 bits per heavy atom. The summed E-state index contributed by atoms with van der Waals surface area (Å²) in [7, 11) is 0. The molecule has 0 amide bonds. The number of aliphatic carboxylic acids is 1. The van der Waals surface area contributed by atoms with Crippen LogP contribution in [-0.2, 0) is 16.1 Å². The fourth-order valence-electron chi connectivity index (χ4n) is 1.10. The number of carboxylic acid groups (broad SMARTS) is 1. The van der Waals surface area contributed by atoms with E-state index in [9.17, 15) is 4.79 Å². The zero-order valence-corrected chi connectivity index (χ0v) is 8.48. The van der Waals surface area contributed by atoms with Crippen LogP contribution in [0.2, 0.25) is 0 Å². The van der Waals surface area contributed by atoms with Crippen molar-refractivity contribution in [3.05, 3.63) is 42.0 Å². The van der Waals surface area contributed by atoms with Gasteiger partial charge in [-0.1, -0.05) is 36.9 Å². The maximum Gasteiger partial charge on any atom is 0.305 e. The van der Waals surface area contributed by atoms with Crippen LogP contribution in [0.4, 0.5) is 0 Å². The number of hydrogen-bond donors (Lipinski definition) is 1. The van der Waals surface area contributed by atoms with Crippen LogP contribution in [0.3, 0.4) is 0 Å². The van der Waals surface area contributed by atoms with E-state index in [1.54, 1.807) is 6.08 Å². The van der Waals surface area contributed by atoms with Crippen molar-refractivity contribution in [2.45, 2.75) is 13.0 Å². The molecular weight excluding hydrogens is 192 g/mol. The highest BCUT2D eigenvalue weighted by Gasteiger charge is 1.97. The Balaban J connectivity index is 2.31. The van der Waals surface area contributed by atoms with E-state index in [0.29, 0.717) is 6.61 Å². The van der Waals surface area contributed by atoms with Gasteiger partial charge in [-0.05, 0) is 11.1 Å². The van der Waals surface area contributed by atoms with Crippen LogP contribution in [0.25, 0.3) is 6.08 Å². The summed E-state index contributed by atoms with van der Waals surface area (Å²) in [4.78, 5) is 10.2. The van der Waals surface area contributed by atoms with E-state index in [2.05, 4.69) is 6.58 Å². The quantitative estimate of drug-likeness (QED) is 0.726. The van der Waals surface area contributed by atoms with Crippen molar-refractivity contribution in [3.63, 3.8) is 0 Å². The van der Waals surface area contributed by atoms with E-state index < -0.39 is 5.97 Å². The van der Waals surface area contributed by atoms with Crippen LogP contribution in [0.1, 0.15) is 17.5 Å². The molecule has 0 saturated heterocycles. The highest BCUT2D eigenvalue weighted by Crippen LogP contribution is 2.06. The Hall–Kier alpha value is -1.61. The first-order chi connectivity index (χ1) is 7.22. The van der Waals surface area contributed by atoms with Crippen molar-refractivity contribution in [2.75, 3.05) is 6.61 Å². The molecule has 0 bridgehead atoms. The van der Waals surface area contributed by atoms with Gasteiger partial charge in [-0.2, -0.15) is 0 Å². The van der Waals surface area contributed by atoms with Crippen LogP contribution in [0.5, 0.6) is 0 Å². The summed E-state index contributed by atoms with van der Waals surface area (Å²) in [6.45, 7) is 4.36. The summed E-state index contributed by atoms with van der Waals surface area (Å²) in [5.74, 6) is -0.836. The van der Waals surface area contributed by atoms with Gasteiger partial charge in [-0.15, -0.1) is 0 Å². The lowest BCUT2D eigenvalue weighted by atomic mass is 10.1. The van der Waals surface area contributed by atoms with Crippen LogP contribution in [0, 0.1) is 0 Å². The van der Waals surface area contributed by atoms with Gasteiger partial charge >= 0.3 is 5.97 Å². The van der Waals surface area contributed by atoms with Crippen molar-refractivity contribution in [1.82, 2.24) is 0 Å². The minimum atomic E-state index is -0.836. The molecule has 0 aliphatic rings. The minimum absolute atomic E-state index is 0.0464. The fraction of sp³-hybridized carbons (Fsp3) is 0.250. The van der Waals surface area contributed by atoms with E-state index in [1.807, 2.05) is 24.3 Å². The molecule has 1 aromatic rings. The topological polar surface area (TPSA) is 46.5 Å². The number of rotatable bonds is 6. The highest BCUT2D eigenvalue weighted by atomic mass is 16.5. The van der Waals surface area contributed by atoms with Gasteiger partial charge in [0, 0.05) is 0 Å². The van der Waals surface area contributed by atoms with Gasteiger partial charge in [0.15, 0.2) is 0 Å². The summed E-state index contributed by atoms with van der Waals surface area (Å²) in [6.07, 6.45) is 1.82. The number of hydrogen-bond acceptors (Lipinski definition) is 2. The first-order valence-corrected chi connectivity index (χ1v) is 4.73. The second-order valence-electron chi connectivity index (χ2n) is 3.14. The van der Waals surface area contributed by atoms with E-state index in [-0.39, 0.29) is 13.0 Å². The lowest BCUT2D eigenvalue weighted by molar-refractivity contribution is -0.138. The molecule has 80 valence electrons. The van der Waals surface area contributed by atoms with E-state index in [4.69, 9.17) is 9.84 Å². The molecule has 0 aliphatic heterocycles. The molecule has 15 heavy (non-hydrogen) atoms. The molecule has 3 nitrogen and oxygen atoms in total. The van der Waals surface area contributed by atoms with Crippen LogP contribution < -0.4 is 0 Å². The molecule has 0 aromatic heterocycles. The van der Waals surface area contributed by atoms with Gasteiger partial charge in [-0.25, -0.2) is 0 Å². The molecule has 1 N–H and O–H groups in total. The Morgan fingerprint density at radius 3 is 2.60 bits per heavy atom. The molecule has 1 rings (SSSR count). The molecular formula is C12H14O3. The number of carbonyl (C=O) groups is 1. The average Bonchev–Trinajstić information content (AvgIpc) is 2.25. The van der Waals surface area contributed by atoms with Crippen molar-refractivity contribution < 1.29 is 14.6 Å². The minimum Gasteiger partial charge on any atom is -0.481 e. The molecule has 0 fully saturated rings. The smallest absolute Gasteiger partial charge is 0.305 e. The molecule has 0 heterocycles. The molecule has 0 spiro atoms. The number of benzene rings is 1. The van der Waals surface area contributed by atoms with Crippen molar-refractivity contribution in [1.29, 1.82) is 0 Å². The van der Waals surface area contributed by atoms with Gasteiger partial charge in [-0.3, -0.25) is 4.79 Å². The molecule has 0 unspecified atom stereocenters. The first kappa shape index (κ1) is 11.5. The van der Waals surface area contributed by atoms with Gasteiger partial charge in [0.05, 0.1) is 19.6 Å². The van der Waals surface area contributed by atoms with E-state index >= 15 is 0 Å². The zero-order chi connectivity index (χ0) is 11.1. The van der Waals surface area contributed by atoms with Crippen LogP contribution in [-0.4, -0.2) is 17.7 Å². The lowest BCUT2D eigenvalue weighted by Gasteiger charge is -2.03. The third-order valence-electron chi connectivity index (χ3n) is 1.94. The summed E-state index contributed by atoms with van der Waals surface area (Å²) in [5, 5.41) is 8.39. The number of ether oxygens (including phenoxy) is 1. The Kier molecular flexibility index (Phi) is 4.57. The highest BCUT2D eigenvalue weighted by molar-refractivity contribution is 5.66. The van der Waals surface area contributed by atoms with E-state index in [0.717, 1.165) is 11.1 Å². The zero-order valence-electron chi connectivity index (χ0n) is 8.48. The Labute approximate surface area is 89.0 Å². The summed E-state index contributed by atoms with van der Waals surface area (Å²) < 4.78 is 5.20. The van der Waals surface area contributed by atoms with Gasteiger partial charge in [0.1, 0.15) is 0 Å². The van der Waals surface area contributed by atoms with Gasteiger partial charge < -0.3 is 9.84 Å². The second kappa shape index (κ2) is 5.98. The maximum absolute atomic E-state index is 10.2. The third kappa shape index (κ3) is 4.42. The normalized spacial score (nSPS) is 9.87.